The summed E-state index contributed by atoms with van der Waals surface area (Å²) in [5.41, 5.74) is -0.711. The molecule has 0 unspecified atom stereocenters. The van der Waals surface area contributed by atoms with E-state index in [1.807, 2.05) is 4.98 Å². The fourth-order valence-corrected chi connectivity index (χ4v) is 1.24. The zero-order chi connectivity index (χ0) is 10.7. The Kier molecular flexibility index (Phi) is 2.85. The summed E-state index contributed by atoms with van der Waals surface area (Å²) in [6, 6.07) is 0. The number of hydrogen-bond donors (Lipinski definition) is 3. The number of hydrogen-bond acceptors (Lipinski definition) is 3. The van der Waals surface area contributed by atoms with Crippen LogP contribution in [0.1, 0.15) is 18.2 Å². The quantitative estimate of drug-likeness (QED) is 0.594. The molecular formula is C8H10N2O4. The molecule has 76 valence electrons. The summed E-state index contributed by atoms with van der Waals surface area (Å²) in [4.78, 5) is 36.8. The lowest BCUT2D eigenvalue weighted by Crippen LogP contribution is -2.28. The molecule has 0 atom stereocenters. The van der Waals surface area contributed by atoms with Crippen LogP contribution in [0.2, 0.25) is 0 Å². The number of rotatable bonds is 3. The van der Waals surface area contributed by atoms with E-state index in [0.717, 1.165) is 0 Å². The molecule has 1 aromatic heterocycles. The van der Waals surface area contributed by atoms with Crippen LogP contribution >= 0.6 is 0 Å². The number of H-pyrrole nitrogens is 2. The highest BCUT2D eigenvalue weighted by Crippen LogP contribution is 1.99. The van der Waals surface area contributed by atoms with Crippen LogP contribution in [0.5, 0.6) is 0 Å². The van der Waals surface area contributed by atoms with Crippen LogP contribution in [0.25, 0.3) is 0 Å². The van der Waals surface area contributed by atoms with E-state index in [4.69, 9.17) is 5.11 Å². The van der Waals surface area contributed by atoms with E-state index in [0.29, 0.717) is 12.0 Å². The molecule has 0 spiro atoms. The maximum Gasteiger partial charge on any atom is 0.325 e. The van der Waals surface area contributed by atoms with Gasteiger partial charge in [-0.25, -0.2) is 4.79 Å². The summed E-state index contributed by atoms with van der Waals surface area (Å²) in [6.07, 6.45) is 0.0387. The first-order chi connectivity index (χ1) is 6.54. The average molecular weight is 198 g/mol. The molecule has 14 heavy (non-hydrogen) atoms. The number of aromatic nitrogens is 2. The Morgan fingerprint density at radius 2 is 2.00 bits per heavy atom. The van der Waals surface area contributed by atoms with Gasteiger partial charge < -0.3 is 10.1 Å². The number of nitrogens with one attached hydrogen (secondary N) is 2. The SMILES string of the molecule is CCc1c(CC(=O)O)[nH]c(=O)[nH]c1=O. The van der Waals surface area contributed by atoms with E-state index in [-0.39, 0.29) is 12.1 Å². The summed E-state index contributed by atoms with van der Waals surface area (Å²) in [5.74, 6) is -1.08. The van der Waals surface area contributed by atoms with Crippen molar-refractivity contribution in [2.24, 2.45) is 0 Å². The van der Waals surface area contributed by atoms with Gasteiger partial charge in [0.1, 0.15) is 0 Å². The van der Waals surface area contributed by atoms with E-state index in [1.165, 1.54) is 0 Å². The van der Waals surface area contributed by atoms with Crippen molar-refractivity contribution in [2.75, 3.05) is 0 Å². The molecule has 6 nitrogen and oxygen atoms in total. The Hall–Kier alpha value is -1.85. The zero-order valence-corrected chi connectivity index (χ0v) is 7.59. The van der Waals surface area contributed by atoms with Gasteiger partial charge in [-0.1, -0.05) is 6.92 Å². The fourth-order valence-electron chi connectivity index (χ4n) is 1.24. The standard InChI is InChI=1S/C8H10N2O4/c1-2-4-5(3-6(11)12)9-8(14)10-7(4)13/h2-3H2,1H3,(H,11,12)(H2,9,10,13,14). The molecule has 0 radical (unpaired) electrons. The lowest BCUT2D eigenvalue weighted by atomic mass is 10.1. The Morgan fingerprint density at radius 3 is 2.50 bits per heavy atom. The highest BCUT2D eigenvalue weighted by Gasteiger charge is 2.10. The first-order valence-electron chi connectivity index (χ1n) is 4.10. The predicted molar refractivity (Wildman–Crippen MR) is 48.4 cm³/mol. The van der Waals surface area contributed by atoms with Crippen molar-refractivity contribution in [3.63, 3.8) is 0 Å². The fraction of sp³-hybridized carbons (Fsp3) is 0.375. The van der Waals surface area contributed by atoms with Crippen LogP contribution in [0.4, 0.5) is 0 Å². The zero-order valence-electron chi connectivity index (χ0n) is 7.59. The molecule has 0 bridgehead atoms. The number of carboxylic acid groups (broad SMARTS) is 1. The summed E-state index contributed by atoms with van der Waals surface area (Å²) in [7, 11) is 0. The molecule has 0 saturated heterocycles. The van der Waals surface area contributed by atoms with Crippen LogP contribution < -0.4 is 11.2 Å². The van der Waals surface area contributed by atoms with Gasteiger partial charge in [-0.15, -0.1) is 0 Å². The number of carbonyl (C=O) groups is 1. The Morgan fingerprint density at radius 1 is 1.36 bits per heavy atom. The molecule has 1 heterocycles. The third-order valence-electron chi connectivity index (χ3n) is 1.81. The van der Waals surface area contributed by atoms with E-state index in [2.05, 4.69) is 4.98 Å². The first kappa shape index (κ1) is 10.2. The molecule has 0 aromatic carbocycles. The van der Waals surface area contributed by atoms with Gasteiger partial charge in [0.2, 0.25) is 0 Å². The highest BCUT2D eigenvalue weighted by atomic mass is 16.4. The van der Waals surface area contributed by atoms with Crippen LogP contribution in [0.15, 0.2) is 9.59 Å². The van der Waals surface area contributed by atoms with Gasteiger partial charge in [-0.05, 0) is 6.42 Å². The van der Waals surface area contributed by atoms with Crippen molar-refractivity contribution in [3.8, 4) is 0 Å². The lowest BCUT2D eigenvalue weighted by molar-refractivity contribution is -0.136. The smallest absolute Gasteiger partial charge is 0.325 e. The molecule has 3 N–H and O–H groups in total. The summed E-state index contributed by atoms with van der Waals surface area (Å²) in [6.45, 7) is 1.72. The predicted octanol–water partition coefficient (Wildman–Crippen LogP) is -0.747. The van der Waals surface area contributed by atoms with Crippen LogP contribution in [0, 0.1) is 0 Å². The van der Waals surface area contributed by atoms with Gasteiger partial charge in [0.05, 0.1) is 6.42 Å². The normalized spacial score (nSPS) is 10.1. The summed E-state index contributed by atoms with van der Waals surface area (Å²) in [5, 5.41) is 8.53. The summed E-state index contributed by atoms with van der Waals surface area (Å²) < 4.78 is 0. The second kappa shape index (κ2) is 3.91. The molecule has 0 aliphatic heterocycles. The van der Waals surface area contributed by atoms with Gasteiger partial charge in [0, 0.05) is 11.3 Å². The van der Waals surface area contributed by atoms with Crippen LogP contribution in [0.3, 0.4) is 0 Å². The largest absolute Gasteiger partial charge is 0.481 e. The Balaban J connectivity index is 3.32. The van der Waals surface area contributed by atoms with Crippen molar-refractivity contribution in [1.29, 1.82) is 0 Å². The number of aliphatic carboxylic acids is 1. The average Bonchev–Trinajstić information content (AvgIpc) is 2.01. The third-order valence-corrected chi connectivity index (χ3v) is 1.81. The molecular weight excluding hydrogens is 188 g/mol. The maximum atomic E-state index is 11.2. The second-order valence-corrected chi connectivity index (χ2v) is 2.79. The minimum absolute atomic E-state index is 0.175. The first-order valence-corrected chi connectivity index (χ1v) is 4.10. The molecule has 1 rings (SSSR count). The Bertz CT molecular complexity index is 457. The monoisotopic (exact) mass is 198 g/mol. The molecule has 0 fully saturated rings. The highest BCUT2D eigenvalue weighted by molar-refractivity contribution is 5.69. The third kappa shape index (κ3) is 2.09. The number of aromatic amines is 2. The van der Waals surface area contributed by atoms with E-state index in [9.17, 15) is 14.4 Å². The molecule has 1 aromatic rings. The molecule has 0 aliphatic carbocycles. The van der Waals surface area contributed by atoms with Crippen LogP contribution in [-0.2, 0) is 17.6 Å². The Labute approximate surface area is 78.6 Å². The van der Waals surface area contributed by atoms with Gasteiger partial charge in [-0.2, -0.15) is 0 Å². The molecule has 6 heteroatoms. The topological polar surface area (TPSA) is 103 Å². The van der Waals surface area contributed by atoms with Gasteiger partial charge >= 0.3 is 11.7 Å². The van der Waals surface area contributed by atoms with Crippen molar-refractivity contribution < 1.29 is 9.90 Å². The molecule has 0 aliphatic rings. The van der Waals surface area contributed by atoms with Gasteiger partial charge in [0.25, 0.3) is 5.56 Å². The molecule has 0 amide bonds. The maximum absolute atomic E-state index is 11.2. The number of carboxylic acids is 1. The lowest BCUT2D eigenvalue weighted by Gasteiger charge is -2.02. The van der Waals surface area contributed by atoms with E-state index < -0.39 is 17.2 Å². The second-order valence-electron chi connectivity index (χ2n) is 2.79. The molecule has 0 saturated carbocycles. The van der Waals surface area contributed by atoms with Gasteiger partial charge in [0.15, 0.2) is 0 Å². The minimum Gasteiger partial charge on any atom is -0.481 e. The van der Waals surface area contributed by atoms with Crippen LogP contribution in [-0.4, -0.2) is 21.0 Å². The van der Waals surface area contributed by atoms with E-state index in [1.54, 1.807) is 6.92 Å². The van der Waals surface area contributed by atoms with Crippen molar-refractivity contribution in [1.82, 2.24) is 9.97 Å². The van der Waals surface area contributed by atoms with Crippen molar-refractivity contribution in [3.05, 3.63) is 32.1 Å². The summed E-state index contributed by atoms with van der Waals surface area (Å²) >= 11 is 0. The minimum atomic E-state index is -1.08. The van der Waals surface area contributed by atoms with Crippen molar-refractivity contribution >= 4 is 5.97 Å². The van der Waals surface area contributed by atoms with E-state index >= 15 is 0 Å². The van der Waals surface area contributed by atoms with Crippen molar-refractivity contribution in [2.45, 2.75) is 19.8 Å². The van der Waals surface area contributed by atoms with Gasteiger partial charge in [-0.3, -0.25) is 14.6 Å².